The third kappa shape index (κ3) is 6.59. The number of nitrogens with zero attached hydrogens (tertiary/aromatic N) is 2. The van der Waals surface area contributed by atoms with Gasteiger partial charge in [-0.2, -0.15) is 13.2 Å². The number of amides is 1. The smallest absolute Gasteiger partial charge is 0.355 e. The number of likely N-dealkylation sites (N-methyl/N-ethyl adjacent to an activating group) is 1. The molecule has 4 nitrogen and oxygen atoms in total. The van der Waals surface area contributed by atoms with Gasteiger partial charge in [0.15, 0.2) is 0 Å². The minimum atomic E-state index is -4.15. The summed E-state index contributed by atoms with van der Waals surface area (Å²) < 4.78 is 37.1. The largest absolute Gasteiger partial charge is 0.401 e. The van der Waals surface area contributed by atoms with E-state index in [1.807, 2.05) is 0 Å². The Labute approximate surface area is 142 Å². The van der Waals surface area contributed by atoms with Crippen molar-refractivity contribution in [3.05, 3.63) is 0 Å². The van der Waals surface area contributed by atoms with Crippen molar-refractivity contribution in [3.63, 3.8) is 0 Å². The molecule has 1 saturated heterocycles. The van der Waals surface area contributed by atoms with Crippen LogP contribution in [0, 0.1) is 5.92 Å². The minimum Gasteiger partial charge on any atom is -0.355 e. The second kappa shape index (κ2) is 9.04. The van der Waals surface area contributed by atoms with Gasteiger partial charge in [0.05, 0.1) is 6.54 Å². The summed E-state index contributed by atoms with van der Waals surface area (Å²) in [6.45, 7) is 1.28. The number of nitrogens with one attached hydrogen (secondary N) is 1. The van der Waals surface area contributed by atoms with Crippen molar-refractivity contribution in [2.75, 3.05) is 39.8 Å². The maximum absolute atomic E-state index is 12.4. The van der Waals surface area contributed by atoms with Gasteiger partial charge < -0.3 is 10.2 Å². The van der Waals surface area contributed by atoms with Gasteiger partial charge in [-0.1, -0.05) is 19.3 Å². The van der Waals surface area contributed by atoms with Crippen LogP contribution in [0.25, 0.3) is 0 Å². The van der Waals surface area contributed by atoms with Gasteiger partial charge in [-0.25, -0.2) is 0 Å². The average molecular weight is 349 g/mol. The van der Waals surface area contributed by atoms with Crippen LogP contribution >= 0.6 is 0 Å². The summed E-state index contributed by atoms with van der Waals surface area (Å²) >= 11 is 0. The van der Waals surface area contributed by atoms with E-state index in [2.05, 4.69) is 17.3 Å². The summed E-state index contributed by atoms with van der Waals surface area (Å²) in [5.41, 5.74) is 0. The zero-order chi connectivity index (χ0) is 17.6. The first kappa shape index (κ1) is 19.5. The van der Waals surface area contributed by atoms with Crippen molar-refractivity contribution < 1.29 is 18.0 Å². The molecular formula is C17H30F3N3O. The first-order valence-corrected chi connectivity index (χ1v) is 9.12. The maximum Gasteiger partial charge on any atom is 0.401 e. The zero-order valence-corrected chi connectivity index (χ0v) is 14.6. The highest BCUT2D eigenvalue weighted by Crippen LogP contribution is 2.23. The van der Waals surface area contributed by atoms with E-state index in [0.717, 1.165) is 6.54 Å². The molecule has 1 N–H and O–H groups in total. The number of hydrogen-bond acceptors (Lipinski definition) is 3. The molecule has 0 atom stereocenters. The maximum atomic E-state index is 12.4. The number of rotatable bonds is 6. The van der Waals surface area contributed by atoms with Crippen LogP contribution in [0.15, 0.2) is 0 Å². The van der Waals surface area contributed by atoms with Crippen molar-refractivity contribution in [1.29, 1.82) is 0 Å². The van der Waals surface area contributed by atoms with E-state index in [0.29, 0.717) is 38.5 Å². The number of piperidine rings is 1. The molecule has 2 fully saturated rings. The molecule has 0 aromatic rings. The van der Waals surface area contributed by atoms with Crippen LogP contribution in [0.2, 0.25) is 0 Å². The Kier molecular flexibility index (Phi) is 7.34. The van der Waals surface area contributed by atoms with Gasteiger partial charge in [0, 0.05) is 25.0 Å². The molecule has 1 aliphatic carbocycles. The average Bonchev–Trinajstić information content (AvgIpc) is 2.54. The molecular weight excluding hydrogens is 319 g/mol. The topological polar surface area (TPSA) is 35.6 Å². The van der Waals surface area contributed by atoms with E-state index in [1.165, 1.54) is 37.0 Å². The molecule has 24 heavy (non-hydrogen) atoms. The molecule has 2 aliphatic rings. The summed E-state index contributed by atoms with van der Waals surface area (Å²) in [4.78, 5) is 15.9. The van der Waals surface area contributed by atoms with E-state index in [1.54, 1.807) is 0 Å². The Morgan fingerprint density at radius 3 is 2.33 bits per heavy atom. The molecule has 1 heterocycles. The fraction of sp³-hybridized carbons (Fsp3) is 0.941. The van der Waals surface area contributed by atoms with E-state index in [9.17, 15) is 18.0 Å². The summed E-state index contributed by atoms with van der Waals surface area (Å²) in [5.74, 6) is -0.145. The number of halogens is 3. The van der Waals surface area contributed by atoms with E-state index in [-0.39, 0.29) is 11.8 Å². The Balaban J connectivity index is 1.61. The molecule has 1 amide bonds. The molecule has 0 aromatic heterocycles. The Morgan fingerprint density at radius 2 is 1.75 bits per heavy atom. The number of carbonyl (C=O) groups is 1. The third-order valence-corrected chi connectivity index (χ3v) is 5.32. The molecule has 2 rings (SSSR count). The van der Waals surface area contributed by atoms with Crippen molar-refractivity contribution in [1.82, 2.24) is 15.1 Å². The molecule has 0 bridgehead atoms. The molecule has 0 unspecified atom stereocenters. The standard InChI is InChI=1S/C17H30F3N3O/c1-22(15-5-3-2-4-6-15)12-9-21-16(24)14-7-10-23(11-8-14)13-17(18,19)20/h14-15H,2-13H2,1H3,(H,21,24). The van der Waals surface area contributed by atoms with E-state index >= 15 is 0 Å². The Hall–Kier alpha value is -0.820. The Morgan fingerprint density at radius 1 is 1.12 bits per heavy atom. The normalized spacial score (nSPS) is 22.0. The lowest BCUT2D eigenvalue weighted by Gasteiger charge is -2.32. The SMILES string of the molecule is CN(CCNC(=O)C1CCN(CC(F)(F)F)CC1)C1CCCCC1. The number of hydrogen-bond donors (Lipinski definition) is 1. The first-order chi connectivity index (χ1) is 11.3. The van der Waals surface area contributed by atoms with Crippen LogP contribution in [0.5, 0.6) is 0 Å². The van der Waals surface area contributed by atoms with Crippen molar-refractivity contribution in [3.8, 4) is 0 Å². The van der Waals surface area contributed by atoms with Crippen LogP contribution in [-0.2, 0) is 4.79 Å². The van der Waals surface area contributed by atoms with E-state index < -0.39 is 12.7 Å². The predicted molar refractivity (Wildman–Crippen MR) is 87.7 cm³/mol. The van der Waals surface area contributed by atoms with Crippen LogP contribution in [-0.4, -0.2) is 67.7 Å². The number of alkyl halides is 3. The molecule has 140 valence electrons. The van der Waals surface area contributed by atoms with E-state index in [4.69, 9.17) is 0 Å². The van der Waals surface area contributed by atoms with Gasteiger partial charge in [0.1, 0.15) is 0 Å². The van der Waals surface area contributed by atoms with Crippen molar-refractivity contribution >= 4 is 5.91 Å². The molecule has 7 heteroatoms. The van der Waals surface area contributed by atoms with Gasteiger partial charge in [0.2, 0.25) is 5.91 Å². The zero-order valence-electron chi connectivity index (χ0n) is 14.6. The van der Waals surface area contributed by atoms with Gasteiger partial charge >= 0.3 is 6.18 Å². The van der Waals surface area contributed by atoms with Crippen molar-refractivity contribution in [2.24, 2.45) is 5.92 Å². The molecule has 0 spiro atoms. The third-order valence-electron chi connectivity index (χ3n) is 5.32. The van der Waals surface area contributed by atoms with Crippen LogP contribution in [0.1, 0.15) is 44.9 Å². The Bertz CT molecular complexity index is 389. The highest BCUT2D eigenvalue weighted by atomic mass is 19.4. The van der Waals surface area contributed by atoms with Gasteiger partial charge in [-0.3, -0.25) is 9.69 Å². The first-order valence-electron chi connectivity index (χ1n) is 9.12. The second-order valence-corrected chi connectivity index (χ2v) is 7.23. The quantitative estimate of drug-likeness (QED) is 0.801. The summed E-state index contributed by atoms with van der Waals surface area (Å²) in [5, 5.41) is 2.96. The molecule has 1 aliphatic heterocycles. The molecule has 0 radical (unpaired) electrons. The lowest BCUT2D eigenvalue weighted by atomic mass is 9.94. The van der Waals surface area contributed by atoms with Gasteiger partial charge in [0.25, 0.3) is 0 Å². The second-order valence-electron chi connectivity index (χ2n) is 7.23. The summed E-state index contributed by atoms with van der Waals surface area (Å²) in [7, 11) is 2.11. The van der Waals surface area contributed by atoms with Gasteiger partial charge in [-0.05, 0) is 45.8 Å². The monoisotopic (exact) mass is 349 g/mol. The highest BCUT2D eigenvalue weighted by Gasteiger charge is 2.33. The fourth-order valence-electron chi connectivity index (χ4n) is 3.81. The molecule has 0 aromatic carbocycles. The van der Waals surface area contributed by atoms with Crippen LogP contribution in [0.4, 0.5) is 13.2 Å². The molecule has 1 saturated carbocycles. The number of likely N-dealkylation sites (tertiary alicyclic amines) is 1. The highest BCUT2D eigenvalue weighted by molar-refractivity contribution is 5.78. The van der Waals surface area contributed by atoms with Crippen LogP contribution < -0.4 is 5.32 Å². The lowest BCUT2D eigenvalue weighted by Crippen LogP contribution is -2.45. The van der Waals surface area contributed by atoms with Crippen LogP contribution in [0.3, 0.4) is 0 Å². The summed E-state index contributed by atoms with van der Waals surface area (Å²) in [6.07, 6.45) is 3.26. The number of carbonyl (C=O) groups excluding carboxylic acids is 1. The van der Waals surface area contributed by atoms with Gasteiger partial charge in [-0.15, -0.1) is 0 Å². The fourth-order valence-corrected chi connectivity index (χ4v) is 3.81. The minimum absolute atomic E-state index is 0.00120. The predicted octanol–water partition coefficient (Wildman–Crippen LogP) is 2.64. The lowest BCUT2D eigenvalue weighted by molar-refractivity contribution is -0.149. The van der Waals surface area contributed by atoms with Crippen molar-refractivity contribution in [2.45, 2.75) is 57.2 Å². The summed E-state index contributed by atoms with van der Waals surface area (Å²) in [6, 6.07) is 0.626.